The van der Waals surface area contributed by atoms with Gasteiger partial charge in [0.2, 0.25) is 5.28 Å². The maximum Gasteiger partial charge on any atom is 0.224 e. The Kier molecular flexibility index (Phi) is 3.22. The van der Waals surface area contributed by atoms with Gasteiger partial charge in [0.05, 0.1) is 19.2 Å². The lowest BCUT2D eigenvalue weighted by Crippen LogP contribution is -2.42. The highest BCUT2D eigenvalue weighted by Gasteiger charge is 2.21. The van der Waals surface area contributed by atoms with Gasteiger partial charge in [-0.25, -0.2) is 9.97 Å². The van der Waals surface area contributed by atoms with Crippen molar-refractivity contribution in [1.29, 1.82) is 5.26 Å². The molecule has 0 aromatic carbocycles. The summed E-state index contributed by atoms with van der Waals surface area (Å²) in [6, 6.07) is 3.95. The van der Waals surface area contributed by atoms with Crippen LogP contribution in [0.2, 0.25) is 5.28 Å². The number of anilines is 1. The molecule has 1 fully saturated rings. The summed E-state index contributed by atoms with van der Waals surface area (Å²) in [5.41, 5.74) is 0.815. The highest BCUT2D eigenvalue weighted by Crippen LogP contribution is 2.17. The van der Waals surface area contributed by atoms with E-state index in [2.05, 4.69) is 16.0 Å². The van der Waals surface area contributed by atoms with Crippen LogP contribution in [0.25, 0.3) is 0 Å². The van der Waals surface area contributed by atoms with Crippen molar-refractivity contribution in [2.45, 2.75) is 13.0 Å². The van der Waals surface area contributed by atoms with Gasteiger partial charge in [0.1, 0.15) is 5.82 Å². The molecule has 2 rings (SSSR count). The zero-order valence-electron chi connectivity index (χ0n) is 8.85. The summed E-state index contributed by atoms with van der Waals surface area (Å²) < 4.78 is 5.26. The third-order valence-corrected chi connectivity index (χ3v) is 2.52. The van der Waals surface area contributed by atoms with Gasteiger partial charge < -0.3 is 9.64 Å². The van der Waals surface area contributed by atoms with Crippen LogP contribution in [0, 0.1) is 18.3 Å². The lowest BCUT2D eigenvalue weighted by Gasteiger charge is -2.30. The third-order valence-electron chi connectivity index (χ3n) is 2.35. The second-order valence-electron chi connectivity index (χ2n) is 3.57. The van der Waals surface area contributed by atoms with Crippen molar-refractivity contribution in [3.8, 4) is 6.07 Å². The van der Waals surface area contributed by atoms with Crippen LogP contribution in [0.3, 0.4) is 0 Å². The lowest BCUT2D eigenvalue weighted by atomic mass is 10.3. The van der Waals surface area contributed by atoms with Gasteiger partial charge in [0.25, 0.3) is 0 Å². The molecule has 1 aromatic rings. The Balaban J connectivity index is 2.20. The Hall–Kier alpha value is -1.38. The summed E-state index contributed by atoms with van der Waals surface area (Å²) in [5.74, 6) is 0.751. The van der Waals surface area contributed by atoms with Crippen molar-refractivity contribution >= 4 is 17.4 Å². The second-order valence-corrected chi connectivity index (χ2v) is 3.91. The fourth-order valence-electron chi connectivity index (χ4n) is 1.61. The smallest absolute Gasteiger partial charge is 0.224 e. The molecule has 84 valence electrons. The van der Waals surface area contributed by atoms with Crippen LogP contribution in [0.1, 0.15) is 5.69 Å². The van der Waals surface area contributed by atoms with Crippen molar-refractivity contribution in [3.63, 3.8) is 0 Å². The van der Waals surface area contributed by atoms with E-state index in [9.17, 15) is 0 Å². The summed E-state index contributed by atoms with van der Waals surface area (Å²) in [6.45, 7) is 3.62. The monoisotopic (exact) mass is 238 g/mol. The van der Waals surface area contributed by atoms with Crippen molar-refractivity contribution in [3.05, 3.63) is 17.0 Å². The fourth-order valence-corrected chi connectivity index (χ4v) is 1.83. The zero-order valence-corrected chi connectivity index (χ0v) is 9.61. The average molecular weight is 239 g/mol. The molecule has 0 spiro atoms. The van der Waals surface area contributed by atoms with Crippen LogP contribution in [-0.2, 0) is 4.74 Å². The summed E-state index contributed by atoms with van der Waals surface area (Å²) in [6.07, 6.45) is -0.400. The van der Waals surface area contributed by atoms with E-state index in [1.165, 1.54) is 0 Å². The molecule has 6 heteroatoms. The number of aryl methyl sites for hydroxylation is 1. The van der Waals surface area contributed by atoms with Gasteiger partial charge in [-0.1, -0.05) is 0 Å². The predicted octanol–water partition coefficient (Wildman–Crippen LogP) is 1.17. The van der Waals surface area contributed by atoms with Crippen LogP contribution in [-0.4, -0.2) is 35.8 Å². The van der Waals surface area contributed by atoms with Gasteiger partial charge in [-0.2, -0.15) is 5.26 Å². The Morgan fingerprint density at radius 2 is 2.44 bits per heavy atom. The third kappa shape index (κ3) is 2.40. The van der Waals surface area contributed by atoms with E-state index < -0.39 is 6.10 Å². The van der Waals surface area contributed by atoms with Crippen LogP contribution in [0.4, 0.5) is 5.82 Å². The molecule has 0 saturated carbocycles. The van der Waals surface area contributed by atoms with E-state index in [-0.39, 0.29) is 5.28 Å². The molecule has 2 heterocycles. The fraction of sp³-hybridized carbons (Fsp3) is 0.500. The average Bonchev–Trinajstić information content (AvgIpc) is 2.28. The Morgan fingerprint density at radius 3 is 3.12 bits per heavy atom. The molecule has 1 aromatic heterocycles. The molecule has 0 radical (unpaired) electrons. The molecule has 0 aliphatic carbocycles. The summed E-state index contributed by atoms with van der Waals surface area (Å²) in [7, 11) is 0. The van der Waals surface area contributed by atoms with Crippen LogP contribution >= 0.6 is 11.6 Å². The second kappa shape index (κ2) is 4.64. The standard InChI is InChI=1S/C10H11ClN4O/c1-7-4-9(14-10(11)13-7)15-2-3-16-8(5-12)6-15/h4,8H,2-3,6H2,1H3. The van der Waals surface area contributed by atoms with Crippen LogP contribution in [0.15, 0.2) is 6.07 Å². The van der Waals surface area contributed by atoms with Crippen LogP contribution < -0.4 is 4.90 Å². The van der Waals surface area contributed by atoms with E-state index in [0.717, 1.165) is 11.5 Å². The molecule has 0 N–H and O–H groups in total. The molecule has 16 heavy (non-hydrogen) atoms. The number of aromatic nitrogens is 2. The number of nitrogens with zero attached hydrogens (tertiary/aromatic N) is 4. The number of halogens is 1. The van der Waals surface area contributed by atoms with Gasteiger partial charge in [0.15, 0.2) is 6.10 Å². The van der Waals surface area contributed by atoms with Crippen molar-refractivity contribution in [1.82, 2.24) is 9.97 Å². The number of rotatable bonds is 1. The first kappa shape index (κ1) is 11.1. The maximum absolute atomic E-state index is 8.80. The Bertz CT molecular complexity index is 411. The first-order valence-corrected chi connectivity index (χ1v) is 5.34. The maximum atomic E-state index is 8.80. The molecular weight excluding hydrogens is 228 g/mol. The molecule has 1 saturated heterocycles. The van der Waals surface area contributed by atoms with Gasteiger partial charge in [-0.3, -0.25) is 0 Å². The van der Waals surface area contributed by atoms with E-state index in [1.807, 2.05) is 17.9 Å². The first-order chi connectivity index (χ1) is 7.69. The SMILES string of the molecule is Cc1cc(N2CCOC(C#N)C2)nc(Cl)n1. The molecule has 5 nitrogen and oxygen atoms in total. The summed E-state index contributed by atoms with van der Waals surface area (Å²) >= 11 is 5.79. The molecule has 0 bridgehead atoms. The number of nitriles is 1. The number of hydrogen-bond donors (Lipinski definition) is 0. The highest BCUT2D eigenvalue weighted by molar-refractivity contribution is 6.28. The minimum absolute atomic E-state index is 0.231. The topological polar surface area (TPSA) is 62.0 Å². The summed E-state index contributed by atoms with van der Waals surface area (Å²) in [5, 5.41) is 9.04. The van der Waals surface area contributed by atoms with E-state index in [0.29, 0.717) is 19.7 Å². The minimum Gasteiger partial charge on any atom is -0.360 e. The highest BCUT2D eigenvalue weighted by atomic mass is 35.5. The van der Waals surface area contributed by atoms with Crippen molar-refractivity contribution in [2.75, 3.05) is 24.6 Å². The molecule has 0 amide bonds. The Morgan fingerprint density at radius 1 is 1.62 bits per heavy atom. The molecular formula is C10H11ClN4O. The normalized spacial score (nSPS) is 20.6. The van der Waals surface area contributed by atoms with Gasteiger partial charge >= 0.3 is 0 Å². The minimum atomic E-state index is -0.400. The lowest BCUT2D eigenvalue weighted by molar-refractivity contribution is 0.0761. The van der Waals surface area contributed by atoms with Gasteiger partial charge in [-0.05, 0) is 18.5 Å². The zero-order chi connectivity index (χ0) is 11.5. The molecule has 1 unspecified atom stereocenters. The van der Waals surface area contributed by atoms with Crippen molar-refractivity contribution in [2.24, 2.45) is 0 Å². The van der Waals surface area contributed by atoms with Gasteiger partial charge in [0, 0.05) is 18.3 Å². The molecule has 1 aliphatic rings. The molecule has 1 aliphatic heterocycles. The number of morpholine rings is 1. The van der Waals surface area contributed by atoms with Gasteiger partial charge in [-0.15, -0.1) is 0 Å². The predicted molar refractivity (Wildman–Crippen MR) is 59.3 cm³/mol. The largest absolute Gasteiger partial charge is 0.360 e. The van der Waals surface area contributed by atoms with Crippen molar-refractivity contribution < 1.29 is 4.74 Å². The number of ether oxygens (including phenoxy) is 1. The summed E-state index contributed by atoms with van der Waals surface area (Å²) in [4.78, 5) is 10.1. The first-order valence-electron chi connectivity index (χ1n) is 4.96. The van der Waals surface area contributed by atoms with E-state index >= 15 is 0 Å². The quantitative estimate of drug-likeness (QED) is 0.688. The van der Waals surface area contributed by atoms with Crippen LogP contribution in [0.5, 0.6) is 0 Å². The molecule has 1 atom stereocenters. The van der Waals surface area contributed by atoms with E-state index in [4.69, 9.17) is 21.6 Å². The van der Waals surface area contributed by atoms with E-state index in [1.54, 1.807) is 0 Å². The Labute approximate surface area is 98.6 Å². The number of hydrogen-bond acceptors (Lipinski definition) is 5.